The number of amides is 1. The lowest BCUT2D eigenvalue weighted by Gasteiger charge is -2.00. The minimum Gasteiger partial charge on any atom is -0.469 e. The van der Waals surface area contributed by atoms with E-state index in [9.17, 15) is 4.79 Å². The molecule has 7 nitrogen and oxygen atoms in total. The highest BCUT2D eigenvalue weighted by molar-refractivity contribution is 7.99. The van der Waals surface area contributed by atoms with Gasteiger partial charge in [0.2, 0.25) is 5.91 Å². The number of thiophene rings is 1. The molecule has 23 heavy (non-hydrogen) atoms. The van der Waals surface area contributed by atoms with E-state index in [1.807, 2.05) is 6.07 Å². The molecule has 3 aromatic rings. The van der Waals surface area contributed by atoms with Gasteiger partial charge in [0.1, 0.15) is 16.8 Å². The predicted molar refractivity (Wildman–Crippen MR) is 85.1 cm³/mol. The maximum atomic E-state index is 11.9. The van der Waals surface area contributed by atoms with Crippen molar-refractivity contribution in [2.24, 2.45) is 0 Å². The molecule has 3 rings (SSSR count). The van der Waals surface area contributed by atoms with Crippen LogP contribution in [0, 0.1) is 18.3 Å². The summed E-state index contributed by atoms with van der Waals surface area (Å²) in [6, 6.07) is 5.42. The highest BCUT2D eigenvalue weighted by atomic mass is 32.2. The normalized spacial score (nSPS) is 10.4. The summed E-state index contributed by atoms with van der Waals surface area (Å²) in [7, 11) is 0. The fourth-order valence-corrected chi connectivity index (χ4v) is 3.08. The van der Waals surface area contributed by atoms with Gasteiger partial charge in [-0.1, -0.05) is 11.8 Å². The van der Waals surface area contributed by atoms with Crippen LogP contribution < -0.4 is 5.32 Å². The maximum Gasteiger partial charge on any atom is 0.277 e. The molecular formula is C14H10N4O3S2. The Morgan fingerprint density at radius 2 is 2.35 bits per heavy atom. The third-order valence-corrected chi connectivity index (χ3v) is 4.51. The number of nitrogens with one attached hydrogen (secondary N) is 1. The van der Waals surface area contributed by atoms with Gasteiger partial charge in [0.15, 0.2) is 0 Å². The van der Waals surface area contributed by atoms with Crippen molar-refractivity contribution < 1.29 is 13.6 Å². The van der Waals surface area contributed by atoms with Crippen molar-refractivity contribution in [2.45, 2.75) is 12.1 Å². The molecule has 0 aliphatic heterocycles. The lowest BCUT2D eigenvalue weighted by molar-refractivity contribution is -0.113. The Hall–Kier alpha value is -2.57. The third kappa shape index (κ3) is 3.44. The molecule has 1 amide bonds. The quantitative estimate of drug-likeness (QED) is 0.707. The van der Waals surface area contributed by atoms with Crippen LogP contribution in [0.25, 0.3) is 11.5 Å². The second-order valence-corrected chi connectivity index (χ2v) is 6.22. The van der Waals surface area contributed by atoms with E-state index >= 15 is 0 Å². The van der Waals surface area contributed by atoms with Crippen LogP contribution in [-0.4, -0.2) is 21.9 Å². The largest absolute Gasteiger partial charge is 0.469 e. The van der Waals surface area contributed by atoms with Crippen LogP contribution in [0.1, 0.15) is 11.3 Å². The van der Waals surface area contributed by atoms with E-state index in [1.54, 1.807) is 30.7 Å². The van der Waals surface area contributed by atoms with Crippen LogP contribution in [0.2, 0.25) is 0 Å². The number of furan rings is 1. The van der Waals surface area contributed by atoms with Crippen LogP contribution in [-0.2, 0) is 4.79 Å². The third-order valence-electron chi connectivity index (χ3n) is 2.86. The molecule has 0 aromatic carbocycles. The van der Waals surface area contributed by atoms with E-state index in [1.165, 1.54) is 11.3 Å². The number of aryl methyl sites for hydroxylation is 1. The molecule has 0 atom stereocenters. The average Bonchev–Trinajstić information content (AvgIpc) is 3.25. The molecule has 116 valence electrons. The standard InChI is InChI=1S/C14H10N4O3S2/c1-8-10(2-4-20-8)12-17-18-14(21-12)23-7-11(19)16-13-9(6-15)3-5-22-13/h2-5H,7H2,1H3,(H,16,19). The zero-order valence-corrected chi connectivity index (χ0v) is 13.5. The van der Waals surface area contributed by atoms with E-state index in [2.05, 4.69) is 15.5 Å². The molecule has 1 N–H and O–H groups in total. The van der Waals surface area contributed by atoms with Gasteiger partial charge in [0, 0.05) is 0 Å². The molecule has 3 heterocycles. The highest BCUT2D eigenvalue weighted by Crippen LogP contribution is 2.27. The zero-order valence-electron chi connectivity index (χ0n) is 11.9. The summed E-state index contributed by atoms with van der Waals surface area (Å²) in [6.07, 6.45) is 1.54. The Morgan fingerprint density at radius 1 is 1.48 bits per heavy atom. The van der Waals surface area contributed by atoms with E-state index in [0.29, 0.717) is 27.4 Å². The molecule has 0 spiro atoms. The Bertz CT molecular complexity index is 875. The summed E-state index contributed by atoms with van der Waals surface area (Å²) < 4.78 is 10.7. The predicted octanol–water partition coefficient (Wildman–Crippen LogP) is 3.30. The van der Waals surface area contributed by atoms with Crippen molar-refractivity contribution in [2.75, 3.05) is 11.1 Å². The molecular weight excluding hydrogens is 336 g/mol. The molecule has 0 saturated heterocycles. The van der Waals surface area contributed by atoms with Crippen molar-refractivity contribution in [3.63, 3.8) is 0 Å². The average molecular weight is 346 g/mol. The summed E-state index contributed by atoms with van der Waals surface area (Å²) >= 11 is 2.43. The minimum atomic E-state index is -0.242. The zero-order chi connectivity index (χ0) is 16.2. The minimum absolute atomic E-state index is 0.106. The van der Waals surface area contributed by atoms with Gasteiger partial charge in [-0.25, -0.2) is 0 Å². The van der Waals surface area contributed by atoms with Gasteiger partial charge in [0.25, 0.3) is 11.1 Å². The first-order chi connectivity index (χ1) is 11.2. The number of rotatable bonds is 5. The SMILES string of the molecule is Cc1occc1-c1nnc(SCC(=O)Nc2sccc2C#N)o1. The van der Waals surface area contributed by atoms with Crippen LogP contribution in [0.3, 0.4) is 0 Å². The summed E-state index contributed by atoms with van der Waals surface area (Å²) in [5.41, 5.74) is 1.18. The monoisotopic (exact) mass is 346 g/mol. The summed E-state index contributed by atoms with van der Waals surface area (Å²) in [5, 5.41) is 22.0. The van der Waals surface area contributed by atoms with Crippen LogP contribution in [0.5, 0.6) is 0 Å². The fraction of sp³-hybridized carbons (Fsp3) is 0.143. The Morgan fingerprint density at radius 3 is 3.09 bits per heavy atom. The van der Waals surface area contributed by atoms with Crippen LogP contribution >= 0.6 is 23.1 Å². The molecule has 0 unspecified atom stereocenters. The molecule has 0 radical (unpaired) electrons. The van der Waals surface area contributed by atoms with Crippen LogP contribution in [0.4, 0.5) is 5.00 Å². The topological polar surface area (TPSA) is 105 Å². The van der Waals surface area contributed by atoms with Gasteiger partial charge in [-0.3, -0.25) is 4.79 Å². The lowest BCUT2D eigenvalue weighted by atomic mass is 10.3. The lowest BCUT2D eigenvalue weighted by Crippen LogP contribution is -2.13. The molecule has 0 aliphatic carbocycles. The van der Waals surface area contributed by atoms with Crippen molar-refractivity contribution in [3.8, 4) is 17.5 Å². The van der Waals surface area contributed by atoms with Gasteiger partial charge < -0.3 is 14.2 Å². The van der Waals surface area contributed by atoms with Gasteiger partial charge in [-0.2, -0.15) is 5.26 Å². The second-order valence-electron chi connectivity index (χ2n) is 4.38. The van der Waals surface area contributed by atoms with Gasteiger partial charge >= 0.3 is 0 Å². The number of carbonyl (C=O) groups excluding carboxylic acids is 1. The maximum absolute atomic E-state index is 11.9. The van der Waals surface area contributed by atoms with Crippen molar-refractivity contribution in [3.05, 3.63) is 35.1 Å². The highest BCUT2D eigenvalue weighted by Gasteiger charge is 2.15. The fourth-order valence-electron chi connectivity index (χ4n) is 1.77. The Balaban J connectivity index is 1.59. The van der Waals surface area contributed by atoms with Gasteiger partial charge in [0.05, 0.1) is 23.1 Å². The smallest absolute Gasteiger partial charge is 0.277 e. The molecule has 0 bridgehead atoms. The number of hydrogen-bond acceptors (Lipinski definition) is 8. The number of anilines is 1. The summed E-state index contributed by atoms with van der Waals surface area (Å²) in [5.74, 6) is 0.899. The first-order valence-corrected chi connectivity index (χ1v) is 8.32. The first-order valence-electron chi connectivity index (χ1n) is 6.45. The van der Waals surface area contributed by atoms with Crippen LogP contribution in [0.15, 0.2) is 37.8 Å². The van der Waals surface area contributed by atoms with E-state index in [4.69, 9.17) is 14.1 Å². The van der Waals surface area contributed by atoms with Gasteiger partial charge in [-0.05, 0) is 24.4 Å². The van der Waals surface area contributed by atoms with Gasteiger partial charge in [-0.15, -0.1) is 21.5 Å². The molecule has 3 aromatic heterocycles. The number of thioether (sulfide) groups is 1. The first kappa shape index (κ1) is 15.3. The molecule has 9 heteroatoms. The number of hydrogen-bond donors (Lipinski definition) is 1. The van der Waals surface area contributed by atoms with E-state index < -0.39 is 0 Å². The van der Waals surface area contributed by atoms with E-state index in [-0.39, 0.29) is 11.7 Å². The molecule has 0 aliphatic rings. The molecule has 0 saturated carbocycles. The molecule has 0 fully saturated rings. The number of carbonyl (C=O) groups is 1. The number of aromatic nitrogens is 2. The van der Waals surface area contributed by atoms with Crippen molar-refractivity contribution >= 4 is 34.0 Å². The van der Waals surface area contributed by atoms with Crippen molar-refractivity contribution in [1.82, 2.24) is 10.2 Å². The second kappa shape index (κ2) is 6.68. The summed E-state index contributed by atoms with van der Waals surface area (Å²) in [4.78, 5) is 11.9. The Kier molecular flexibility index (Phi) is 4.45. The van der Waals surface area contributed by atoms with E-state index in [0.717, 1.165) is 17.3 Å². The van der Waals surface area contributed by atoms with Crippen molar-refractivity contribution in [1.29, 1.82) is 5.26 Å². The summed E-state index contributed by atoms with van der Waals surface area (Å²) in [6.45, 7) is 1.80. The number of nitrogens with zero attached hydrogens (tertiary/aromatic N) is 3. The number of nitriles is 1. The Labute approximate surface area is 139 Å².